The highest BCUT2D eigenvalue weighted by Crippen LogP contribution is 2.44. The number of ketones is 1. The maximum atomic E-state index is 13.5. The molecular formula is C29H28ClN3O5. The van der Waals surface area contributed by atoms with Crippen molar-refractivity contribution in [1.29, 1.82) is 0 Å². The Labute approximate surface area is 225 Å². The number of carbonyl (C=O) groups excluding carboxylic acids is 2. The van der Waals surface area contributed by atoms with Gasteiger partial charge in [-0.25, -0.2) is 0 Å². The molecule has 2 fully saturated rings. The van der Waals surface area contributed by atoms with Gasteiger partial charge in [-0.05, 0) is 67.2 Å². The van der Waals surface area contributed by atoms with Crippen molar-refractivity contribution in [2.24, 2.45) is 0 Å². The molecule has 5 rings (SSSR count). The van der Waals surface area contributed by atoms with E-state index in [1.807, 2.05) is 24.3 Å². The average molecular weight is 534 g/mol. The number of piperazine rings is 1. The number of methoxy groups -OCH3 is 1. The van der Waals surface area contributed by atoms with Gasteiger partial charge in [-0.2, -0.15) is 0 Å². The van der Waals surface area contributed by atoms with Gasteiger partial charge in [0.2, 0.25) is 0 Å². The van der Waals surface area contributed by atoms with Crippen LogP contribution in [0.25, 0.3) is 5.76 Å². The molecule has 2 aliphatic rings. The fraction of sp³-hybridized carbons (Fsp3) is 0.241. The van der Waals surface area contributed by atoms with Gasteiger partial charge in [-0.15, -0.1) is 0 Å². The van der Waals surface area contributed by atoms with Gasteiger partial charge < -0.3 is 24.7 Å². The number of hydrogen-bond acceptors (Lipinski definition) is 7. The summed E-state index contributed by atoms with van der Waals surface area (Å²) in [6, 6.07) is 17.4. The van der Waals surface area contributed by atoms with Crippen LogP contribution in [0.4, 0.5) is 11.4 Å². The van der Waals surface area contributed by atoms with Crippen molar-refractivity contribution in [3.8, 4) is 11.5 Å². The molecule has 1 amide bonds. The Kier molecular flexibility index (Phi) is 7.01. The lowest BCUT2D eigenvalue weighted by atomic mass is 9.94. The van der Waals surface area contributed by atoms with Gasteiger partial charge >= 0.3 is 0 Å². The molecule has 2 aliphatic heterocycles. The van der Waals surface area contributed by atoms with E-state index in [4.69, 9.17) is 16.3 Å². The molecule has 1 unspecified atom stereocenters. The van der Waals surface area contributed by atoms with E-state index in [0.29, 0.717) is 22.0 Å². The van der Waals surface area contributed by atoms with E-state index < -0.39 is 23.5 Å². The highest BCUT2D eigenvalue weighted by molar-refractivity contribution is 6.51. The number of halogens is 1. The molecule has 3 aromatic carbocycles. The van der Waals surface area contributed by atoms with Crippen LogP contribution >= 0.6 is 11.6 Å². The minimum absolute atomic E-state index is 0.0405. The third-order valence-corrected chi connectivity index (χ3v) is 7.30. The van der Waals surface area contributed by atoms with Crippen LogP contribution < -0.4 is 14.5 Å². The SMILES string of the molecule is COc1ccc(Cl)cc1/C(O)=C1\C(=O)C(=O)N(c2ccc(N3CCN(C)CC3)cc2)C1c1ccc(O)cc1. The van der Waals surface area contributed by atoms with Crippen molar-refractivity contribution in [3.63, 3.8) is 0 Å². The van der Waals surface area contributed by atoms with Crippen molar-refractivity contribution >= 4 is 40.4 Å². The summed E-state index contributed by atoms with van der Waals surface area (Å²) >= 11 is 6.19. The number of phenolic OH excluding ortho intramolecular Hbond substituents is 1. The van der Waals surface area contributed by atoms with Crippen LogP contribution in [-0.2, 0) is 9.59 Å². The third kappa shape index (κ3) is 4.68. The van der Waals surface area contributed by atoms with E-state index in [9.17, 15) is 19.8 Å². The van der Waals surface area contributed by atoms with Gasteiger partial charge in [0.1, 0.15) is 17.3 Å². The van der Waals surface area contributed by atoms with Crippen molar-refractivity contribution in [3.05, 3.63) is 88.5 Å². The standard InChI is InChI=1S/C29H28ClN3O5/c1-31-13-15-32(16-14-31)20-6-8-21(9-7-20)33-26(18-3-10-22(34)11-4-18)25(28(36)29(33)37)27(35)23-17-19(30)5-12-24(23)38-2/h3-12,17,26,34-35H,13-16H2,1-2H3/b27-25+. The summed E-state index contributed by atoms with van der Waals surface area (Å²) < 4.78 is 5.39. The van der Waals surface area contributed by atoms with Crippen molar-refractivity contribution in [2.45, 2.75) is 6.04 Å². The lowest BCUT2D eigenvalue weighted by Crippen LogP contribution is -2.44. The van der Waals surface area contributed by atoms with Gasteiger partial charge in [0.05, 0.1) is 24.3 Å². The summed E-state index contributed by atoms with van der Waals surface area (Å²) in [5, 5.41) is 21.6. The molecule has 0 bridgehead atoms. The predicted molar refractivity (Wildman–Crippen MR) is 147 cm³/mol. The van der Waals surface area contributed by atoms with Crippen LogP contribution in [0.2, 0.25) is 5.02 Å². The lowest BCUT2D eigenvalue weighted by Gasteiger charge is -2.34. The Hall–Kier alpha value is -4.01. The van der Waals surface area contributed by atoms with Gasteiger partial charge in [0.15, 0.2) is 0 Å². The van der Waals surface area contributed by atoms with Crippen LogP contribution in [-0.4, -0.2) is 67.1 Å². The van der Waals surface area contributed by atoms with Crippen molar-refractivity contribution in [1.82, 2.24) is 4.90 Å². The maximum Gasteiger partial charge on any atom is 0.300 e. The van der Waals surface area contributed by atoms with E-state index in [1.165, 1.54) is 30.2 Å². The molecule has 196 valence electrons. The first-order chi connectivity index (χ1) is 18.3. The summed E-state index contributed by atoms with van der Waals surface area (Å²) in [4.78, 5) is 32.8. The Balaban J connectivity index is 1.61. The smallest absolute Gasteiger partial charge is 0.300 e. The molecule has 2 saturated heterocycles. The van der Waals surface area contributed by atoms with Gasteiger partial charge in [0.25, 0.3) is 11.7 Å². The van der Waals surface area contributed by atoms with Gasteiger partial charge in [-0.1, -0.05) is 23.7 Å². The van der Waals surface area contributed by atoms with Crippen LogP contribution in [0.1, 0.15) is 17.2 Å². The number of aliphatic hydroxyl groups excluding tert-OH is 1. The van der Waals surface area contributed by atoms with Crippen LogP contribution in [0.15, 0.2) is 72.3 Å². The number of hydrogen-bond donors (Lipinski definition) is 2. The fourth-order valence-electron chi connectivity index (χ4n) is 4.97. The summed E-state index contributed by atoms with van der Waals surface area (Å²) in [6.45, 7) is 3.72. The number of phenols is 1. The Morgan fingerprint density at radius 2 is 1.55 bits per heavy atom. The normalized spacial score (nSPS) is 19.7. The average Bonchev–Trinajstić information content (AvgIpc) is 3.19. The predicted octanol–water partition coefficient (Wildman–Crippen LogP) is 4.43. The van der Waals surface area contributed by atoms with Crippen LogP contribution in [0.3, 0.4) is 0 Å². The summed E-state index contributed by atoms with van der Waals surface area (Å²) in [5.74, 6) is -1.64. The molecule has 2 heterocycles. The number of rotatable bonds is 5. The van der Waals surface area contributed by atoms with E-state index in [-0.39, 0.29) is 16.9 Å². The van der Waals surface area contributed by atoms with Crippen LogP contribution in [0.5, 0.6) is 11.5 Å². The molecule has 0 saturated carbocycles. The number of likely N-dealkylation sites (N-methyl/N-ethyl adjacent to an activating group) is 1. The Bertz CT molecular complexity index is 1400. The zero-order valence-corrected chi connectivity index (χ0v) is 21.9. The van der Waals surface area contributed by atoms with E-state index in [1.54, 1.807) is 24.3 Å². The lowest BCUT2D eigenvalue weighted by molar-refractivity contribution is -0.132. The molecule has 1 atom stereocenters. The number of aliphatic hydroxyl groups is 1. The van der Waals surface area contributed by atoms with E-state index in [0.717, 1.165) is 31.9 Å². The second-order valence-corrected chi connectivity index (χ2v) is 9.85. The quantitative estimate of drug-likeness (QED) is 0.285. The second-order valence-electron chi connectivity index (χ2n) is 9.41. The molecule has 0 spiro atoms. The monoisotopic (exact) mass is 533 g/mol. The Morgan fingerprint density at radius 1 is 0.921 bits per heavy atom. The summed E-state index contributed by atoms with van der Waals surface area (Å²) in [5.41, 5.74) is 2.20. The number of aromatic hydroxyl groups is 1. The molecule has 9 heteroatoms. The van der Waals surface area contributed by atoms with E-state index >= 15 is 0 Å². The fourth-order valence-corrected chi connectivity index (χ4v) is 5.14. The van der Waals surface area contributed by atoms with Gasteiger partial charge in [0, 0.05) is 42.6 Å². The first kappa shape index (κ1) is 25.6. The summed E-state index contributed by atoms with van der Waals surface area (Å²) in [7, 11) is 3.54. The second kappa shape index (κ2) is 10.4. The molecule has 0 aromatic heterocycles. The van der Waals surface area contributed by atoms with Crippen molar-refractivity contribution < 1.29 is 24.5 Å². The molecule has 38 heavy (non-hydrogen) atoms. The largest absolute Gasteiger partial charge is 0.508 e. The minimum Gasteiger partial charge on any atom is -0.508 e. The molecule has 0 radical (unpaired) electrons. The number of benzene rings is 3. The highest BCUT2D eigenvalue weighted by Gasteiger charge is 2.47. The highest BCUT2D eigenvalue weighted by atomic mass is 35.5. The van der Waals surface area contributed by atoms with E-state index in [2.05, 4.69) is 16.8 Å². The zero-order chi connectivity index (χ0) is 27.0. The summed E-state index contributed by atoms with van der Waals surface area (Å²) in [6.07, 6.45) is 0. The number of nitrogens with zero attached hydrogens (tertiary/aromatic N) is 3. The van der Waals surface area contributed by atoms with Gasteiger partial charge in [-0.3, -0.25) is 14.5 Å². The molecule has 3 aromatic rings. The number of anilines is 2. The molecule has 2 N–H and O–H groups in total. The number of ether oxygens (including phenoxy) is 1. The number of Topliss-reactive ketones (excluding diaryl/α,β-unsaturated/α-hetero) is 1. The Morgan fingerprint density at radius 3 is 2.18 bits per heavy atom. The molecule has 8 nitrogen and oxygen atoms in total. The zero-order valence-electron chi connectivity index (χ0n) is 21.1. The first-order valence-electron chi connectivity index (χ1n) is 12.3. The first-order valence-corrected chi connectivity index (χ1v) is 12.6. The topological polar surface area (TPSA) is 93.5 Å². The molecular weight excluding hydrogens is 506 g/mol. The number of carbonyl (C=O) groups is 2. The van der Waals surface area contributed by atoms with Crippen LogP contribution in [0, 0.1) is 0 Å². The maximum absolute atomic E-state index is 13.5. The molecule has 0 aliphatic carbocycles. The third-order valence-electron chi connectivity index (χ3n) is 7.07. The minimum atomic E-state index is -0.936. The number of amides is 1. The van der Waals surface area contributed by atoms with Crippen molar-refractivity contribution in [2.75, 3.05) is 50.1 Å².